The molecule has 0 aliphatic rings. The fourth-order valence-corrected chi connectivity index (χ4v) is 2.07. The maximum atomic E-state index is 12.9. The molecule has 0 fully saturated rings. The van der Waals surface area contributed by atoms with Gasteiger partial charge in [-0.3, -0.25) is 0 Å². The van der Waals surface area contributed by atoms with Crippen LogP contribution in [-0.4, -0.2) is 15.6 Å². The van der Waals surface area contributed by atoms with Crippen LogP contribution in [-0.2, 0) is 12.7 Å². The Morgan fingerprint density at radius 3 is 2.43 bits per heavy atom. The molecule has 21 heavy (non-hydrogen) atoms. The van der Waals surface area contributed by atoms with Crippen LogP contribution in [0.4, 0.5) is 17.6 Å². The van der Waals surface area contributed by atoms with E-state index < -0.39 is 29.1 Å². The summed E-state index contributed by atoms with van der Waals surface area (Å²) in [5.41, 5.74) is -1.72. The molecule has 2 rings (SSSR count). The summed E-state index contributed by atoms with van der Waals surface area (Å²) in [6, 6.07) is 3.47. The van der Waals surface area contributed by atoms with Gasteiger partial charge in [-0.2, -0.15) is 13.2 Å². The highest BCUT2D eigenvalue weighted by molar-refractivity contribution is 6.31. The van der Waals surface area contributed by atoms with E-state index >= 15 is 0 Å². The van der Waals surface area contributed by atoms with E-state index in [2.05, 4.69) is 0 Å². The van der Waals surface area contributed by atoms with Crippen molar-refractivity contribution in [2.75, 3.05) is 0 Å². The Bertz CT molecular complexity index is 694. The number of nitrogens with zero attached hydrogens (tertiary/aromatic N) is 1. The second-order valence-electron chi connectivity index (χ2n) is 4.30. The maximum absolute atomic E-state index is 12.9. The van der Waals surface area contributed by atoms with Crippen LogP contribution in [0.1, 0.15) is 21.5 Å². The third kappa shape index (κ3) is 3.36. The SMILES string of the molecule is O=C(O)c1cn(Cc2ccc(F)cc2Cl)cc1C(F)(F)F. The van der Waals surface area contributed by atoms with Crippen LogP contribution in [0.2, 0.25) is 5.02 Å². The minimum absolute atomic E-state index is 0.0501. The summed E-state index contributed by atoms with van der Waals surface area (Å²) in [4.78, 5) is 10.9. The van der Waals surface area contributed by atoms with Gasteiger partial charge in [-0.25, -0.2) is 9.18 Å². The van der Waals surface area contributed by atoms with Crippen molar-refractivity contribution in [3.05, 3.63) is 58.1 Å². The number of rotatable bonds is 3. The van der Waals surface area contributed by atoms with Gasteiger partial charge in [0.15, 0.2) is 0 Å². The lowest BCUT2D eigenvalue weighted by Crippen LogP contribution is -2.09. The molecule has 0 saturated heterocycles. The molecular formula is C13H8ClF4NO2. The molecular weight excluding hydrogens is 314 g/mol. The minimum Gasteiger partial charge on any atom is -0.478 e. The molecule has 0 unspecified atom stereocenters. The van der Waals surface area contributed by atoms with Crippen LogP contribution in [0.3, 0.4) is 0 Å². The van der Waals surface area contributed by atoms with Crippen molar-refractivity contribution in [3.8, 4) is 0 Å². The zero-order valence-electron chi connectivity index (χ0n) is 10.3. The van der Waals surface area contributed by atoms with E-state index in [4.69, 9.17) is 16.7 Å². The van der Waals surface area contributed by atoms with Crippen LogP contribution in [0.15, 0.2) is 30.6 Å². The number of hydrogen-bond acceptors (Lipinski definition) is 1. The van der Waals surface area contributed by atoms with Gasteiger partial charge < -0.3 is 9.67 Å². The van der Waals surface area contributed by atoms with Crippen molar-refractivity contribution in [2.45, 2.75) is 12.7 Å². The quantitative estimate of drug-likeness (QED) is 0.867. The Labute approximate surface area is 121 Å². The van der Waals surface area contributed by atoms with E-state index in [-0.39, 0.29) is 11.6 Å². The lowest BCUT2D eigenvalue weighted by Gasteiger charge is -2.06. The van der Waals surface area contributed by atoms with Gasteiger partial charge in [0.1, 0.15) is 5.82 Å². The third-order valence-corrected chi connectivity index (χ3v) is 3.14. The van der Waals surface area contributed by atoms with Crippen molar-refractivity contribution >= 4 is 17.6 Å². The number of alkyl halides is 3. The molecule has 1 N–H and O–H groups in total. The summed E-state index contributed by atoms with van der Waals surface area (Å²) in [7, 11) is 0. The number of benzene rings is 1. The van der Waals surface area contributed by atoms with E-state index in [1.165, 1.54) is 6.07 Å². The van der Waals surface area contributed by atoms with E-state index in [1.807, 2.05) is 0 Å². The number of aromatic nitrogens is 1. The molecule has 0 aliphatic carbocycles. The summed E-state index contributed by atoms with van der Waals surface area (Å²) in [6.45, 7) is -0.102. The first-order chi connectivity index (χ1) is 9.68. The van der Waals surface area contributed by atoms with E-state index in [9.17, 15) is 22.4 Å². The first kappa shape index (κ1) is 15.4. The predicted molar refractivity (Wildman–Crippen MR) is 66.9 cm³/mol. The molecule has 0 amide bonds. The molecule has 0 spiro atoms. The zero-order chi connectivity index (χ0) is 15.8. The highest BCUT2D eigenvalue weighted by Crippen LogP contribution is 2.33. The Hall–Kier alpha value is -2.02. The van der Waals surface area contributed by atoms with Crippen LogP contribution in [0.5, 0.6) is 0 Å². The lowest BCUT2D eigenvalue weighted by molar-refractivity contribution is -0.138. The predicted octanol–water partition coefficient (Wildman–Crippen LogP) is 4.05. The standard InChI is InChI=1S/C13H8ClF4NO2/c14-11-3-8(15)2-1-7(11)4-19-5-9(12(20)21)10(6-19)13(16,17)18/h1-3,5-6H,4H2,(H,20,21). The molecule has 0 saturated carbocycles. The van der Waals surface area contributed by atoms with Gasteiger partial charge in [0, 0.05) is 24.0 Å². The Morgan fingerprint density at radius 1 is 1.29 bits per heavy atom. The number of aromatic carboxylic acids is 1. The topological polar surface area (TPSA) is 42.2 Å². The molecule has 2 aromatic rings. The molecule has 0 bridgehead atoms. The summed E-state index contributed by atoms with van der Waals surface area (Å²) < 4.78 is 52.2. The molecule has 112 valence electrons. The molecule has 1 heterocycles. The average molecular weight is 322 g/mol. The fourth-order valence-electron chi connectivity index (χ4n) is 1.84. The average Bonchev–Trinajstić information content (AvgIpc) is 2.77. The van der Waals surface area contributed by atoms with Gasteiger partial charge in [-0.1, -0.05) is 17.7 Å². The van der Waals surface area contributed by atoms with Gasteiger partial charge >= 0.3 is 12.1 Å². The van der Waals surface area contributed by atoms with E-state index in [0.29, 0.717) is 11.8 Å². The van der Waals surface area contributed by atoms with Gasteiger partial charge in [0.2, 0.25) is 0 Å². The third-order valence-electron chi connectivity index (χ3n) is 2.78. The Kier molecular flexibility index (Phi) is 3.95. The van der Waals surface area contributed by atoms with Crippen molar-refractivity contribution in [2.24, 2.45) is 0 Å². The molecule has 0 radical (unpaired) electrons. The smallest absolute Gasteiger partial charge is 0.418 e. The molecule has 1 aromatic carbocycles. The maximum Gasteiger partial charge on any atom is 0.418 e. The van der Waals surface area contributed by atoms with Crippen LogP contribution < -0.4 is 0 Å². The summed E-state index contributed by atoms with van der Waals surface area (Å²) in [5.74, 6) is -2.25. The van der Waals surface area contributed by atoms with Crippen molar-refractivity contribution in [3.63, 3.8) is 0 Å². The first-order valence-corrected chi connectivity index (χ1v) is 6.00. The highest BCUT2D eigenvalue weighted by Gasteiger charge is 2.37. The lowest BCUT2D eigenvalue weighted by atomic mass is 10.2. The minimum atomic E-state index is -4.77. The Morgan fingerprint density at radius 2 is 1.95 bits per heavy atom. The van der Waals surface area contributed by atoms with E-state index in [0.717, 1.165) is 22.9 Å². The second kappa shape index (κ2) is 5.40. The number of halogens is 5. The molecule has 3 nitrogen and oxygen atoms in total. The van der Waals surface area contributed by atoms with Crippen molar-refractivity contribution in [1.82, 2.24) is 4.57 Å². The van der Waals surface area contributed by atoms with Crippen molar-refractivity contribution < 1.29 is 27.5 Å². The van der Waals surface area contributed by atoms with Gasteiger partial charge in [-0.15, -0.1) is 0 Å². The monoisotopic (exact) mass is 321 g/mol. The largest absolute Gasteiger partial charge is 0.478 e. The number of carboxylic acid groups (broad SMARTS) is 1. The normalized spacial score (nSPS) is 11.7. The van der Waals surface area contributed by atoms with Gasteiger partial charge in [-0.05, 0) is 17.7 Å². The number of hydrogen-bond donors (Lipinski definition) is 1. The fraction of sp³-hybridized carbons (Fsp3) is 0.154. The van der Waals surface area contributed by atoms with E-state index in [1.54, 1.807) is 0 Å². The van der Waals surface area contributed by atoms with Crippen LogP contribution in [0, 0.1) is 5.82 Å². The van der Waals surface area contributed by atoms with Crippen molar-refractivity contribution in [1.29, 1.82) is 0 Å². The number of carbonyl (C=O) groups is 1. The first-order valence-electron chi connectivity index (χ1n) is 5.62. The molecule has 0 aliphatic heterocycles. The highest BCUT2D eigenvalue weighted by atomic mass is 35.5. The number of carboxylic acids is 1. The van der Waals surface area contributed by atoms with Crippen LogP contribution >= 0.6 is 11.6 Å². The summed E-state index contributed by atoms with van der Waals surface area (Å²) >= 11 is 5.79. The molecule has 1 aromatic heterocycles. The Balaban J connectivity index is 2.39. The summed E-state index contributed by atoms with van der Waals surface area (Å²) in [5, 5.41) is 8.86. The van der Waals surface area contributed by atoms with Gasteiger partial charge in [0.05, 0.1) is 11.1 Å². The molecule has 0 atom stereocenters. The van der Waals surface area contributed by atoms with Crippen LogP contribution in [0.25, 0.3) is 0 Å². The zero-order valence-corrected chi connectivity index (χ0v) is 11.0. The summed E-state index contributed by atoms with van der Waals surface area (Å²) in [6.07, 6.45) is -3.22. The molecule has 8 heteroatoms. The second-order valence-corrected chi connectivity index (χ2v) is 4.70. The van der Waals surface area contributed by atoms with Gasteiger partial charge in [0.25, 0.3) is 0 Å².